The Morgan fingerprint density at radius 1 is 1.08 bits per heavy atom. The molecule has 2 aromatic carbocycles. The minimum absolute atomic E-state index is 0.165. The molecule has 1 N–H and O–H groups in total. The molecule has 0 spiro atoms. The Kier molecular flexibility index (Phi) is 4.58. The Hall–Kier alpha value is -1.41. The number of sulfonamides is 1. The van der Waals surface area contributed by atoms with Crippen LogP contribution in [0.1, 0.15) is 18.0 Å². The summed E-state index contributed by atoms with van der Waals surface area (Å²) in [6.07, 6.45) is 0.710. The van der Waals surface area contributed by atoms with Crippen molar-refractivity contribution in [3.63, 3.8) is 0 Å². The summed E-state index contributed by atoms with van der Waals surface area (Å²) in [5, 5.41) is 0.602. The molecule has 0 saturated carbocycles. The predicted molar refractivity (Wildman–Crippen MR) is 97.3 cm³/mol. The van der Waals surface area contributed by atoms with E-state index >= 15 is 0 Å². The lowest BCUT2D eigenvalue weighted by Gasteiger charge is -2.26. The fourth-order valence-electron chi connectivity index (χ4n) is 2.93. The van der Waals surface area contributed by atoms with Gasteiger partial charge in [0.25, 0.3) is 0 Å². The molecule has 0 bridgehead atoms. The molecule has 0 fully saturated rings. The summed E-state index contributed by atoms with van der Waals surface area (Å²) < 4.78 is 39.4. The Bertz CT molecular complexity index is 917. The first-order chi connectivity index (χ1) is 12.0. The largest absolute Gasteiger partial charge is 0.486 e. The zero-order valence-electron chi connectivity index (χ0n) is 13.2. The number of hydrogen-bond acceptors (Lipinski definition) is 5. The van der Waals surface area contributed by atoms with Crippen LogP contribution in [0.25, 0.3) is 0 Å². The summed E-state index contributed by atoms with van der Waals surface area (Å²) in [7, 11) is -3.69. The number of hydrogen-bond donors (Lipinski definition) is 1. The number of nitrogens with one attached hydrogen (secondary N) is 1. The first kappa shape index (κ1) is 17.0. The van der Waals surface area contributed by atoms with Gasteiger partial charge in [-0.05, 0) is 48.1 Å². The molecule has 1 unspecified atom stereocenters. The van der Waals surface area contributed by atoms with E-state index in [1.807, 2.05) is 18.2 Å². The molecule has 2 heterocycles. The SMILES string of the molecule is O=S(=O)(NC1CCSc2ccc(Cl)cc21)c1ccc2c(c1)OCCO2. The van der Waals surface area contributed by atoms with E-state index in [1.165, 1.54) is 12.1 Å². The predicted octanol–water partition coefficient (Wildman–Crippen LogP) is 3.63. The average molecular weight is 398 g/mol. The van der Waals surface area contributed by atoms with Gasteiger partial charge >= 0.3 is 0 Å². The number of fused-ring (bicyclic) bond motifs is 2. The van der Waals surface area contributed by atoms with Gasteiger partial charge in [-0.15, -0.1) is 11.8 Å². The van der Waals surface area contributed by atoms with Crippen LogP contribution in [0.4, 0.5) is 0 Å². The fraction of sp³-hybridized carbons (Fsp3) is 0.294. The Morgan fingerprint density at radius 2 is 1.88 bits per heavy atom. The van der Waals surface area contributed by atoms with E-state index in [0.29, 0.717) is 36.2 Å². The lowest BCUT2D eigenvalue weighted by atomic mass is 10.1. The van der Waals surface area contributed by atoms with Crippen LogP contribution in [-0.2, 0) is 10.0 Å². The smallest absolute Gasteiger partial charge is 0.241 e. The highest BCUT2D eigenvalue weighted by Crippen LogP contribution is 2.39. The van der Waals surface area contributed by atoms with Gasteiger partial charge in [-0.3, -0.25) is 0 Å². The van der Waals surface area contributed by atoms with Crippen LogP contribution < -0.4 is 14.2 Å². The Morgan fingerprint density at radius 3 is 2.72 bits per heavy atom. The molecule has 2 aliphatic heterocycles. The third-order valence-electron chi connectivity index (χ3n) is 4.13. The first-order valence-corrected chi connectivity index (χ1v) is 10.7. The lowest BCUT2D eigenvalue weighted by Crippen LogP contribution is -2.31. The van der Waals surface area contributed by atoms with Gasteiger partial charge in [0.15, 0.2) is 11.5 Å². The van der Waals surface area contributed by atoms with Crippen LogP contribution >= 0.6 is 23.4 Å². The van der Waals surface area contributed by atoms with Gasteiger partial charge in [-0.25, -0.2) is 13.1 Å². The van der Waals surface area contributed by atoms with Gasteiger partial charge in [0, 0.05) is 22.0 Å². The lowest BCUT2D eigenvalue weighted by molar-refractivity contribution is 0.171. The van der Waals surface area contributed by atoms with Crippen molar-refractivity contribution in [3.8, 4) is 11.5 Å². The van der Waals surface area contributed by atoms with Gasteiger partial charge in [-0.2, -0.15) is 0 Å². The molecular formula is C17H16ClNO4S2. The van der Waals surface area contributed by atoms with Crippen LogP contribution in [0, 0.1) is 0 Å². The van der Waals surface area contributed by atoms with Crippen molar-refractivity contribution in [2.24, 2.45) is 0 Å². The summed E-state index contributed by atoms with van der Waals surface area (Å²) in [5.41, 5.74) is 0.921. The number of rotatable bonds is 3. The van der Waals surface area contributed by atoms with Gasteiger partial charge in [0.05, 0.1) is 4.90 Å². The molecule has 2 aromatic rings. The summed E-state index contributed by atoms with van der Waals surface area (Å²) in [4.78, 5) is 1.23. The average Bonchev–Trinajstić information content (AvgIpc) is 2.61. The van der Waals surface area contributed by atoms with E-state index in [4.69, 9.17) is 21.1 Å². The van der Waals surface area contributed by atoms with Crippen LogP contribution in [0.3, 0.4) is 0 Å². The molecule has 4 rings (SSSR count). The van der Waals surface area contributed by atoms with Crippen molar-refractivity contribution in [1.82, 2.24) is 4.72 Å². The summed E-state index contributed by atoms with van der Waals surface area (Å²) >= 11 is 7.80. The third kappa shape index (κ3) is 3.46. The van der Waals surface area contributed by atoms with Crippen LogP contribution in [0.5, 0.6) is 11.5 Å². The van der Waals surface area contributed by atoms with Crippen LogP contribution in [0.15, 0.2) is 46.2 Å². The maximum Gasteiger partial charge on any atom is 0.241 e. The second-order valence-corrected chi connectivity index (χ2v) is 9.09. The molecule has 1 atom stereocenters. The second-order valence-electron chi connectivity index (χ2n) is 5.80. The number of thioether (sulfide) groups is 1. The molecule has 5 nitrogen and oxygen atoms in total. The number of benzene rings is 2. The summed E-state index contributed by atoms with van der Waals surface area (Å²) in [6, 6.07) is 9.97. The molecule has 0 amide bonds. The Labute approximate surface area is 155 Å². The minimum atomic E-state index is -3.69. The third-order valence-corrected chi connectivity index (χ3v) is 6.96. The van der Waals surface area contributed by atoms with Gasteiger partial charge in [0.2, 0.25) is 10.0 Å². The van der Waals surface area contributed by atoms with Crippen LogP contribution in [-0.4, -0.2) is 27.4 Å². The van der Waals surface area contributed by atoms with Crippen molar-refractivity contribution in [3.05, 3.63) is 47.0 Å². The van der Waals surface area contributed by atoms with E-state index in [-0.39, 0.29) is 10.9 Å². The van der Waals surface area contributed by atoms with Gasteiger partial charge < -0.3 is 9.47 Å². The minimum Gasteiger partial charge on any atom is -0.486 e. The van der Waals surface area contributed by atoms with Crippen molar-refractivity contribution in [2.75, 3.05) is 19.0 Å². The molecule has 0 aromatic heterocycles. The molecule has 2 aliphatic rings. The van der Waals surface area contributed by atoms with E-state index in [1.54, 1.807) is 17.8 Å². The van der Waals surface area contributed by atoms with E-state index in [2.05, 4.69) is 4.72 Å². The van der Waals surface area contributed by atoms with Crippen molar-refractivity contribution in [1.29, 1.82) is 0 Å². The van der Waals surface area contributed by atoms with Crippen LogP contribution in [0.2, 0.25) is 5.02 Å². The highest BCUT2D eigenvalue weighted by Gasteiger charge is 2.27. The van der Waals surface area contributed by atoms with Crippen molar-refractivity contribution >= 4 is 33.4 Å². The summed E-state index contributed by atoms with van der Waals surface area (Å²) in [6.45, 7) is 0.879. The molecule has 25 heavy (non-hydrogen) atoms. The molecule has 0 radical (unpaired) electrons. The van der Waals surface area contributed by atoms with Gasteiger partial charge in [-0.1, -0.05) is 11.6 Å². The maximum absolute atomic E-state index is 12.8. The normalized spacial score (nSPS) is 19.3. The first-order valence-electron chi connectivity index (χ1n) is 7.87. The Balaban J connectivity index is 1.64. The van der Waals surface area contributed by atoms with E-state index in [0.717, 1.165) is 16.2 Å². The van der Waals surface area contributed by atoms with Crippen molar-refractivity contribution in [2.45, 2.75) is 22.3 Å². The zero-order chi connectivity index (χ0) is 17.4. The van der Waals surface area contributed by atoms with Crippen molar-refractivity contribution < 1.29 is 17.9 Å². The quantitative estimate of drug-likeness (QED) is 0.856. The maximum atomic E-state index is 12.8. The monoisotopic (exact) mass is 397 g/mol. The molecule has 0 saturated heterocycles. The highest BCUT2D eigenvalue weighted by molar-refractivity contribution is 7.99. The number of halogens is 1. The molecule has 0 aliphatic carbocycles. The van der Waals surface area contributed by atoms with E-state index in [9.17, 15) is 8.42 Å². The topological polar surface area (TPSA) is 64.6 Å². The summed E-state index contributed by atoms with van der Waals surface area (Å²) in [5.74, 6) is 1.87. The highest BCUT2D eigenvalue weighted by atomic mass is 35.5. The second kappa shape index (κ2) is 6.72. The molecule has 132 valence electrons. The zero-order valence-corrected chi connectivity index (χ0v) is 15.6. The van der Waals surface area contributed by atoms with E-state index < -0.39 is 10.0 Å². The van der Waals surface area contributed by atoms with Gasteiger partial charge in [0.1, 0.15) is 13.2 Å². The standard InChI is InChI=1S/C17H16ClNO4S2/c18-11-1-4-17-13(9-11)14(5-8-24-17)19-25(20,21)12-2-3-15-16(10-12)23-7-6-22-15/h1-4,9-10,14,19H,5-8H2. The fourth-order valence-corrected chi connectivity index (χ4v) is 5.48. The molecule has 8 heteroatoms. The number of ether oxygens (including phenoxy) is 2. The molecular weight excluding hydrogens is 382 g/mol.